The van der Waals surface area contributed by atoms with Gasteiger partial charge in [0.2, 0.25) is 16.0 Å². The summed E-state index contributed by atoms with van der Waals surface area (Å²) in [5, 5.41) is 5.29. The highest BCUT2D eigenvalue weighted by Gasteiger charge is 2.47. The number of hydrogen-bond donors (Lipinski definition) is 2. The third kappa shape index (κ3) is 6.25. The highest BCUT2D eigenvalue weighted by atomic mass is 32.2. The van der Waals surface area contributed by atoms with Crippen molar-refractivity contribution in [2.45, 2.75) is 37.9 Å². The molecule has 2 aromatic rings. The largest absolute Gasteiger partial charge is 0.416 e. The highest BCUT2D eigenvalue weighted by Crippen LogP contribution is 2.33. The van der Waals surface area contributed by atoms with Crippen LogP contribution in [0, 0.1) is 6.92 Å². The van der Waals surface area contributed by atoms with Crippen molar-refractivity contribution in [1.82, 2.24) is 14.5 Å². The fourth-order valence-corrected chi connectivity index (χ4v) is 6.17. The average Bonchev–Trinajstić information content (AvgIpc) is 3.16. The van der Waals surface area contributed by atoms with Crippen LogP contribution in [-0.4, -0.2) is 73.9 Å². The second kappa shape index (κ2) is 10.6. The Labute approximate surface area is 225 Å². The minimum atomic E-state index is -4.51. The van der Waals surface area contributed by atoms with Crippen LogP contribution < -0.4 is 10.6 Å². The van der Waals surface area contributed by atoms with Crippen molar-refractivity contribution in [1.29, 1.82) is 0 Å². The summed E-state index contributed by atoms with van der Waals surface area (Å²) in [5.74, 6) is -0.648. The van der Waals surface area contributed by atoms with Crippen molar-refractivity contribution in [3.8, 4) is 0 Å². The lowest BCUT2D eigenvalue weighted by Gasteiger charge is -2.34. The number of aliphatic imine (C=N–C) groups is 1. The average molecular weight is 566 g/mol. The SMILES string of the molecule is Cc1cc(C(=O)N(C)C)ccc1CCS(=O)(=O)N1CCC2(CC1)N=C(Nc1cccc(C(F)(F)F)c1)NC2=O. The monoisotopic (exact) mass is 565 g/mol. The van der Waals surface area contributed by atoms with Crippen molar-refractivity contribution in [3.05, 3.63) is 64.7 Å². The van der Waals surface area contributed by atoms with E-state index >= 15 is 0 Å². The molecule has 0 saturated carbocycles. The molecular formula is C26H30F3N5O4S. The summed E-state index contributed by atoms with van der Waals surface area (Å²) in [6.07, 6.45) is -3.94. The summed E-state index contributed by atoms with van der Waals surface area (Å²) in [6.45, 7) is 2.01. The second-order valence-corrected chi connectivity index (χ2v) is 12.0. The van der Waals surface area contributed by atoms with Gasteiger partial charge >= 0.3 is 6.18 Å². The van der Waals surface area contributed by atoms with Crippen molar-refractivity contribution in [2.24, 2.45) is 4.99 Å². The molecule has 0 aromatic heterocycles. The van der Waals surface area contributed by atoms with Crippen LogP contribution in [0.3, 0.4) is 0 Å². The second-order valence-electron chi connectivity index (χ2n) is 9.96. The van der Waals surface area contributed by atoms with Crippen molar-refractivity contribution in [2.75, 3.05) is 38.3 Å². The number of rotatable bonds is 6. The number of benzene rings is 2. The van der Waals surface area contributed by atoms with E-state index in [1.54, 1.807) is 32.3 Å². The molecule has 2 N–H and O–H groups in total. The maximum absolute atomic E-state index is 13.1. The van der Waals surface area contributed by atoms with Gasteiger partial charge in [0.1, 0.15) is 5.54 Å². The predicted octanol–water partition coefficient (Wildman–Crippen LogP) is 3.02. The van der Waals surface area contributed by atoms with Crippen LogP contribution in [-0.2, 0) is 27.4 Å². The van der Waals surface area contributed by atoms with E-state index in [1.165, 1.54) is 21.3 Å². The van der Waals surface area contributed by atoms with Gasteiger partial charge in [-0.1, -0.05) is 12.1 Å². The van der Waals surface area contributed by atoms with Crippen LogP contribution in [0.2, 0.25) is 0 Å². The molecule has 0 radical (unpaired) electrons. The number of carbonyl (C=O) groups excluding carboxylic acids is 2. The number of nitrogens with one attached hydrogen (secondary N) is 2. The lowest BCUT2D eigenvalue weighted by molar-refractivity contribution is -0.137. The number of aryl methyl sites for hydroxylation is 2. The minimum Gasteiger partial charge on any atom is -0.345 e. The molecule has 2 aliphatic rings. The Kier molecular flexibility index (Phi) is 7.77. The number of guanidine groups is 1. The Balaban J connectivity index is 1.38. The zero-order valence-electron chi connectivity index (χ0n) is 21.8. The Hall–Kier alpha value is -3.45. The summed E-state index contributed by atoms with van der Waals surface area (Å²) < 4.78 is 66.5. The molecule has 2 heterocycles. The molecule has 1 fully saturated rings. The van der Waals surface area contributed by atoms with E-state index in [0.29, 0.717) is 5.56 Å². The van der Waals surface area contributed by atoms with Gasteiger partial charge in [-0.15, -0.1) is 0 Å². The lowest BCUT2D eigenvalue weighted by Crippen LogP contribution is -2.51. The number of alkyl halides is 3. The van der Waals surface area contributed by atoms with E-state index in [9.17, 15) is 31.2 Å². The molecule has 0 atom stereocenters. The van der Waals surface area contributed by atoms with E-state index in [0.717, 1.165) is 23.3 Å². The van der Waals surface area contributed by atoms with E-state index in [2.05, 4.69) is 15.6 Å². The van der Waals surface area contributed by atoms with Gasteiger partial charge in [-0.2, -0.15) is 13.2 Å². The molecule has 2 amide bonds. The lowest BCUT2D eigenvalue weighted by atomic mass is 9.89. The van der Waals surface area contributed by atoms with Gasteiger partial charge in [0.05, 0.1) is 11.3 Å². The van der Waals surface area contributed by atoms with Gasteiger partial charge in [0.15, 0.2) is 0 Å². The van der Waals surface area contributed by atoms with Gasteiger partial charge < -0.3 is 10.2 Å². The molecule has 1 spiro atoms. The molecule has 9 nitrogen and oxygen atoms in total. The van der Waals surface area contributed by atoms with Crippen molar-refractivity contribution >= 4 is 33.5 Å². The maximum Gasteiger partial charge on any atom is 0.416 e. The molecule has 0 unspecified atom stereocenters. The third-order valence-electron chi connectivity index (χ3n) is 7.00. The van der Waals surface area contributed by atoms with Gasteiger partial charge in [-0.25, -0.2) is 17.7 Å². The highest BCUT2D eigenvalue weighted by molar-refractivity contribution is 7.89. The van der Waals surface area contributed by atoms with E-state index < -0.39 is 33.2 Å². The van der Waals surface area contributed by atoms with Gasteiger partial charge in [0.25, 0.3) is 11.8 Å². The zero-order chi connectivity index (χ0) is 28.6. The number of anilines is 1. The molecule has 2 aromatic carbocycles. The van der Waals surface area contributed by atoms with Crippen LogP contribution in [0.4, 0.5) is 18.9 Å². The summed E-state index contributed by atoms with van der Waals surface area (Å²) in [7, 11) is -0.303. The van der Waals surface area contributed by atoms with E-state index in [-0.39, 0.29) is 55.7 Å². The van der Waals surface area contributed by atoms with Gasteiger partial charge in [-0.3, -0.25) is 14.9 Å². The molecular weight excluding hydrogens is 535 g/mol. The van der Waals surface area contributed by atoms with Crippen LogP contribution in [0.15, 0.2) is 47.5 Å². The van der Waals surface area contributed by atoms with Crippen LogP contribution in [0.5, 0.6) is 0 Å². The number of nitrogens with zero attached hydrogens (tertiary/aromatic N) is 3. The predicted molar refractivity (Wildman–Crippen MR) is 141 cm³/mol. The number of hydrogen-bond acceptors (Lipinski definition) is 6. The summed E-state index contributed by atoms with van der Waals surface area (Å²) in [6, 6.07) is 9.74. The Morgan fingerprint density at radius 1 is 1.15 bits per heavy atom. The van der Waals surface area contributed by atoms with Gasteiger partial charge in [-0.05, 0) is 67.6 Å². The standard InChI is InChI=1S/C26H30F3N5O4S/c1-17-15-19(22(35)33(2)3)8-7-18(17)9-14-39(37,38)34-12-10-25(11-13-34)23(36)31-24(32-25)30-21-6-4-5-20(16-21)26(27,28)29/h4-8,15-16H,9-14H2,1-3H3,(H2,30,31,32,36). The first kappa shape index (κ1) is 28.6. The van der Waals surface area contributed by atoms with E-state index in [4.69, 9.17) is 0 Å². The molecule has 0 bridgehead atoms. The van der Waals surface area contributed by atoms with E-state index in [1.807, 2.05) is 6.92 Å². The first-order valence-electron chi connectivity index (χ1n) is 12.3. The molecule has 13 heteroatoms. The van der Waals surface area contributed by atoms with Crippen LogP contribution in [0.25, 0.3) is 0 Å². The van der Waals surface area contributed by atoms with Crippen LogP contribution >= 0.6 is 0 Å². The summed E-state index contributed by atoms with van der Waals surface area (Å²) >= 11 is 0. The maximum atomic E-state index is 13.1. The smallest absolute Gasteiger partial charge is 0.345 e. The first-order chi connectivity index (χ1) is 18.2. The number of amides is 2. The summed E-state index contributed by atoms with van der Waals surface area (Å²) in [5.41, 5.74) is 0.291. The van der Waals surface area contributed by atoms with Crippen molar-refractivity contribution < 1.29 is 31.2 Å². The Morgan fingerprint density at radius 3 is 2.46 bits per heavy atom. The first-order valence-corrected chi connectivity index (χ1v) is 14.0. The minimum absolute atomic E-state index is 0.0299. The number of halogens is 3. The zero-order valence-corrected chi connectivity index (χ0v) is 22.6. The summed E-state index contributed by atoms with van der Waals surface area (Å²) in [4.78, 5) is 30.8. The number of sulfonamides is 1. The topological polar surface area (TPSA) is 111 Å². The molecule has 4 rings (SSSR count). The quantitative estimate of drug-likeness (QED) is 0.560. The molecule has 2 aliphatic heterocycles. The third-order valence-corrected chi connectivity index (χ3v) is 8.87. The fourth-order valence-electron chi connectivity index (χ4n) is 4.69. The van der Waals surface area contributed by atoms with Crippen molar-refractivity contribution in [3.63, 3.8) is 0 Å². The number of piperidine rings is 1. The number of carbonyl (C=O) groups is 2. The Bertz CT molecular complexity index is 1410. The molecule has 210 valence electrons. The Morgan fingerprint density at radius 2 is 1.85 bits per heavy atom. The van der Waals surface area contributed by atoms with Crippen LogP contribution in [0.1, 0.15) is 39.9 Å². The molecule has 0 aliphatic carbocycles. The van der Waals surface area contributed by atoms with Gasteiger partial charge in [0, 0.05) is 38.4 Å². The molecule has 39 heavy (non-hydrogen) atoms. The molecule has 1 saturated heterocycles. The normalized spacial score (nSPS) is 17.6. The fraction of sp³-hybridized carbons (Fsp3) is 0.423.